The van der Waals surface area contributed by atoms with E-state index in [1.54, 1.807) is 6.07 Å². The second-order valence-corrected chi connectivity index (χ2v) is 6.17. The van der Waals surface area contributed by atoms with Gasteiger partial charge in [-0.3, -0.25) is 0 Å². The molecule has 0 radical (unpaired) electrons. The Morgan fingerprint density at radius 2 is 1.46 bits per heavy atom. The van der Waals surface area contributed by atoms with E-state index in [1.165, 1.54) is 24.8 Å². The Bertz CT molecular complexity index is 790. The zero-order valence-electron chi connectivity index (χ0n) is 14.1. The summed E-state index contributed by atoms with van der Waals surface area (Å²) in [5, 5.41) is 0. The molecule has 0 saturated carbocycles. The van der Waals surface area contributed by atoms with Crippen LogP contribution in [0.4, 0.5) is 4.39 Å². The maximum Gasteiger partial charge on any atom is 0.131 e. The van der Waals surface area contributed by atoms with Crippen LogP contribution in [0.3, 0.4) is 0 Å². The summed E-state index contributed by atoms with van der Waals surface area (Å²) in [6, 6.07) is 23.6. The Morgan fingerprint density at radius 1 is 0.708 bits per heavy atom. The minimum Gasteiger partial charge on any atom is -0.206 e. The van der Waals surface area contributed by atoms with Crippen LogP contribution in [0, 0.1) is 5.82 Å². The van der Waals surface area contributed by atoms with Crippen molar-refractivity contribution in [2.75, 3.05) is 0 Å². The van der Waals surface area contributed by atoms with Crippen molar-refractivity contribution in [3.8, 4) is 22.3 Å². The van der Waals surface area contributed by atoms with Crippen LogP contribution in [0.2, 0.25) is 0 Å². The highest BCUT2D eigenvalue weighted by Crippen LogP contribution is 2.30. The lowest BCUT2D eigenvalue weighted by molar-refractivity contribution is 0.632. The summed E-state index contributed by atoms with van der Waals surface area (Å²) in [6.07, 6.45) is 4.67. The largest absolute Gasteiger partial charge is 0.206 e. The zero-order valence-corrected chi connectivity index (χ0v) is 14.1. The molecule has 0 amide bonds. The average Bonchev–Trinajstić information content (AvgIpc) is 2.63. The highest BCUT2D eigenvalue weighted by Gasteiger charge is 2.09. The van der Waals surface area contributed by atoms with Crippen molar-refractivity contribution in [1.29, 1.82) is 0 Å². The topological polar surface area (TPSA) is 0 Å². The lowest BCUT2D eigenvalue weighted by atomic mass is 9.94. The fraction of sp³-hybridized carbons (Fsp3) is 0.217. The highest BCUT2D eigenvalue weighted by atomic mass is 19.1. The number of hydrogen-bond acceptors (Lipinski definition) is 0. The van der Waals surface area contributed by atoms with Crippen LogP contribution in [-0.2, 0) is 6.42 Å². The van der Waals surface area contributed by atoms with Crippen molar-refractivity contribution in [3.05, 3.63) is 84.2 Å². The molecule has 0 bridgehead atoms. The fourth-order valence-electron chi connectivity index (χ4n) is 3.12. The summed E-state index contributed by atoms with van der Waals surface area (Å²) >= 11 is 0. The van der Waals surface area contributed by atoms with Gasteiger partial charge in [0.1, 0.15) is 5.82 Å². The molecule has 1 heteroatoms. The van der Waals surface area contributed by atoms with Crippen LogP contribution in [0.5, 0.6) is 0 Å². The van der Waals surface area contributed by atoms with E-state index in [0.717, 1.165) is 23.1 Å². The van der Waals surface area contributed by atoms with Gasteiger partial charge in [-0.2, -0.15) is 0 Å². The minimum absolute atomic E-state index is 0.165. The van der Waals surface area contributed by atoms with Crippen molar-refractivity contribution < 1.29 is 4.39 Å². The molecule has 0 nitrogen and oxygen atoms in total. The molecular formula is C23H23F. The van der Waals surface area contributed by atoms with Gasteiger partial charge in [0.25, 0.3) is 0 Å². The first-order valence-corrected chi connectivity index (χ1v) is 8.73. The lowest BCUT2D eigenvalue weighted by Crippen LogP contribution is -1.92. The molecule has 0 aliphatic heterocycles. The first kappa shape index (κ1) is 16.4. The van der Waals surface area contributed by atoms with E-state index in [9.17, 15) is 4.39 Å². The molecule has 0 spiro atoms. The van der Waals surface area contributed by atoms with Crippen molar-refractivity contribution in [2.24, 2.45) is 0 Å². The summed E-state index contributed by atoms with van der Waals surface area (Å²) in [4.78, 5) is 0. The third-order valence-electron chi connectivity index (χ3n) is 4.43. The Morgan fingerprint density at radius 3 is 2.21 bits per heavy atom. The molecule has 3 rings (SSSR count). The van der Waals surface area contributed by atoms with Gasteiger partial charge < -0.3 is 0 Å². The Hall–Kier alpha value is -2.41. The molecule has 3 aromatic rings. The number of rotatable bonds is 6. The molecule has 3 aromatic carbocycles. The van der Waals surface area contributed by atoms with Crippen LogP contribution < -0.4 is 0 Å². The summed E-state index contributed by atoms with van der Waals surface area (Å²) < 4.78 is 14.7. The predicted molar refractivity (Wildman–Crippen MR) is 101 cm³/mol. The van der Waals surface area contributed by atoms with E-state index in [1.807, 2.05) is 48.5 Å². The first-order chi connectivity index (χ1) is 11.8. The Kier molecular flexibility index (Phi) is 5.43. The molecule has 0 aliphatic carbocycles. The van der Waals surface area contributed by atoms with Gasteiger partial charge in [-0.15, -0.1) is 0 Å². The number of unbranched alkanes of at least 4 members (excludes halogenated alkanes) is 2. The van der Waals surface area contributed by atoms with Gasteiger partial charge in [-0.1, -0.05) is 86.5 Å². The molecule has 24 heavy (non-hydrogen) atoms. The molecule has 0 aromatic heterocycles. The highest BCUT2D eigenvalue weighted by molar-refractivity contribution is 5.72. The van der Waals surface area contributed by atoms with Gasteiger partial charge >= 0.3 is 0 Å². The van der Waals surface area contributed by atoms with Crippen LogP contribution in [0.15, 0.2) is 72.8 Å². The first-order valence-electron chi connectivity index (χ1n) is 8.73. The van der Waals surface area contributed by atoms with Gasteiger partial charge in [0.2, 0.25) is 0 Å². The minimum atomic E-state index is -0.165. The third-order valence-corrected chi connectivity index (χ3v) is 4.43. The SMILES string of the molecule is CCCCCc1ccccc1-c1ccc(-c2ccccc2)c(F)c1. The molecule has 0 N–H and O–H groups in total. The second-order valence-electron chi connectivity index (χ2n) is 6.17. The van der Waals surface area contributed by atoms with Gasteiger partial charge in [0, 0.05) is 5.56 Å². The Labute approximate surface area is 144 Å². The maximum absolute atomic E-state index is 14.7. The van der Waals surface area contributed by atoms with E-state index in [-0.39, 0.29) is 5.82 Å². The van der Waals surface area contributed by atoms with E-state index in [4.69, 9.17) is 0 Å². The van der Waals surface area contributed by atoms with E-state index >= 15 is 0 Å². The average molecular weight is 318 g/mol. The van der Waals surface area contributed by atoms with Crippen molar-refractivity contribution in [1.82, 2.24) is 0 Å². The molecule has 0 heterocycles. The summed E-state index contributed by atoms with van der Waals surface area (Å²) in [7, 11) is 0. The summed E-state index contributed by atoms with van der Waals surface area (Å²) in [5.41, 5.74) is 4.98. The van der Waals surface area contributed by atoms with E-state index < -0.39 is 0 Å². The number of aryl methyl sites for hydroxylation is 1. The second kappa shape index (κ2) is 7.92. The molecule has 0 aliphatic rings. The monoisotopic (exact) mass is 318 g/mol. The maximum atomic E-state index is 14.7. The van der Waals surface area contributed by atoms with E-state index in [2.05, 4.69) is 25.1 Å². The van der Waals surface area contributed by atoms with Crippen LogP contribution >= 0.6 is 0 Å². The molecule has 0 unspecified atom stereocenters. The molecular weight excluding hydrogens is 295 g/mol. The standard InChI is InChI=1S/C23H23F/c1-2-3-5-10-18-13-8-9-14-21(18)20-15-16-22(23(24)17-20)19-11-6-4-7-12-19/h4,6-9,11-17H,2-3,5,10H2,1H3. The molecule has 0 atom stereocenters. The fourth-order valence-corrected chi connectivity index (χ4v) is 3.12. The van der Waals surface area contributed by atoms with Gasteiger partial charge in [0.05, 0.1) is 0 Å². The predicted octanol–water partition coefficient (Wildman–Crippen LogP) is 6.89. The lowest BCUT2D eigenvalue weighted by Gasteiger charge is -2.11. The van der Waals surface area contributed by atoms with Gasteiger partial charge in [0.15, 0.2) is 0 Å². The van der Waals surface area contributed by atoms with E-state index in [0.29, 0.717) is 5.56 Å². The van der Waals surface area contributed by atoms with Gasteiger partial charge in [-0.25, -0.2) is 4.39 Å². The quantitative estimate of drug-likeness (QED) is 0.434. The molecule has 122 valence electrons. The normalized spacial score (nSPS) is 10.8. The molecule has 0 fully saturated rings. The zero-order chi connectivity index (χ0) is 16.8. The summed E-state index contributed by atoms with van der Waals surface area (Å²) in [5.74, 6) is -0.165. The number of halogens is 1. The van der Waals surface area contributed by atoms with Gasteiger partial charge in [-0.05, 0) is 41.2 Å². The molecule has 0 saturated heterocycles. The smallest absolute Gasteiger partial charge is 0.131 e. The van der Waals surface area contributed by atoms with Crippen molar-refractivity contribution >= 4 is 0 Å². The van der Waals surface area contributed by atoms with Crippen LogP contribution in [0.1, 0.15) is 31.7 Å². The summed E-state index contributed by atoms with van der Waals surface area (Å²) in [6.45, 7) is 2.21. The van der Waals surface area contributed by atoms with Crippen molar-refractivity contribution in [2.45, 2.75) is 32.6 Å². The number of benzene rings is 3. The Balaban J connectivity index is 1.92. The third kappa shape index (κ3) is 3.73. The van der Waals surface area contributed by atoms with Crippen LogP contribution in [-0.4, -0.2) is 0 Å². The van der Waals surface area contributed by atoms with Crippen LogP contribution in [0.25, 0.3) is 22.3 Å². The van der Waals surface area contributed by atoms with Crippen molar-refractivity contribution in [3.63, 3.8) is 0 Å². The number of hydrogen-bond donors (Lipinski definition) is 0.